The second-order valence-corrected chi connectivity index (χ2v) is 10.0. The topological polar surface area (TPSA) is 129 Å². The van der Waals surface area contributed by atoms with Gasteiger partial charge < -0.3 is 26.2 Å². The smallest absolute Gasteiger partial charge is 0.416 e. The first kappa shape index (κ1) is 32.5. The summed E-state index contributed by atoms with van der Waals surface area (Å²) in [4.78, 5) is 29.4. The molecule has 1 heterocycles. The number of rotatable bonds is 10. The molecule has 0 radical (unpaired) electrons. The van der Waals surface area contributed by atoms with Crippen molar-refractivity contribution in [3.8, 4) is 11.3 Å². The number of nitrogens with two attached hydrogens (primary N) is 1. The third-order valence-corrected chi connectivity index (χ3v) is 6.80. The van der Waals surface area contributed by atoms with E-state index in [1.165, 1.54) is 23.5 Å². The predicted octanol–water partition coefficient (Wildman–Crippen LogP) is 5.96. The lowest BCUT2D eigenvalue weighted by Gasteiger charge is -2.23. The Bertz CT molecular complexity index is 1450. The SMILES string of the molecule is NCCO.O=C(O)CCNC(=O)c1ccc(CN(c2ccc(C(F)(F)F)cc2)c2nc(-c3ccc(Cl)cc3)cs2)cc1. The second-order valence-electron chi connectivity index (χ2n) is 8.76. The number of carboxylic acid groups (broad SMARTS) is 1. The molecule has 0 fully saturated rings. The number of carbonyl (C=O) groups excluding carboxylic acids is 1. The van der Waals surface area contributed by atoms with Crippen molar-refractivity contribution in [1.29, 1.82) is 0 Å². The van der Waals surface area contributed by atoms with E-state index in [-0.39, 0.29) is 26.1 Å². The van der Waals surface area contributed by atoms with Crippen LogP contribution >= 0.6 is 22.9 Å². The highest BCUT2D eigenvalue weighted by atomic mass is 35.5. The van der Waals surface area contributed by atoms with E-state index in [9.17, 15) is 22.8 Å². The molecule has 1 aromatic heterocycles. The summed E-state index contributed by atoms with van der Waals surface area (Å²) in [5.41, 5.74) is 7.25. The zero-order valence-corrected chi connectivity index (χ0v) is 23.7. The summed E-state index contributed by atoms with van der Waals surface area (Å²) in [6, 6.07) is 18.7. The maximum atomic E-state index is 13.1. The van der Waals surface area contributed by atoms with Crippen LogP contribution in [0.3, 0.4) is 0 Å². The zero-order chi connectivity index (χ0) is 30.7. The van der Waals surface area contributed by atoms with E-state index in [2.05, 4.69) is 5.32 Å². The van der Waals surface area contributed by atoms with Gasteiger partial charge in [-0.3, -0.25) is 9.59 Å². The molecule has 4 rings (SSSR count). The van der Waals surface area contributed by atoms with Crippen LogP contribution in [-0.2, 0) is 17.5 Å². The summed E-state index contributed by atoms with van der Waals surface area (Å²) < 4.78 is 39.4. The van der Waals surface area contributed by atoms with Crippen LogP contribution in [0, 0.1) is 0 Å². The minimum absolute atomic E-state index is 0.0115. The first-order valence-electron chi connectivity index (χ1n) is 12.6. The summed E-state index contributed by atoms with van der Waals surface area (Å²) in [5, 5.41) is 22.0. The Balaban J connectivity index is 0.00000114. The number of alkyl halides is 3. The molecule has 0 unspecified atom stereocenters. The number of anilines is 2. The first-order valence-corrected chi connectivity index (χ1v) is 13.8. The Hall–Kier alpha value is -3.97. The molecule has 3 aromatic carbocycles. The van der Waals surface area contributed by atoms with Crippen molar-refractivity contribution in [2.75, 3.05) is 24.6 Å². The fourth-order valence-electron chi connectivity index (χ4n) is 3.57. The number of aliphatic hydroxyl groups excluding tert-OH is 1. The van der Waals surface area contributed by atoms with Crippen LogP contribution in [0.1, 0.15) is 27.9 Å². The van der Waals surface area contributed by atoms with Crippen molar-refractivity contribution in [2.45, 2.75) is 19.1 Å². The number of carbonyl (C=O) groups is 2. The lowest BCUT2D eigenvalue weighted by molar-refractivity contribution is -0.138. The van der Waals surface area contributed by atoms with Crippen molar-refractivity contribution in [3.63, 3.8) is 0 Å². The van der Waals surface area contributed by atoms with Gasteiger partial charge in [0.05, 0.1) is 30.8 Å². The number of hydrogen-bond donors (Lipinski definition) is 4. The van der Waals surface area contributed by atoms with Gasteiger partial charge in [0.25, 0.3) is 5.91 Å². The fraction of sp³-hybridized carbons (Fsp3) is 0.207. The van der Waals surface area contributed by atoms with Gasteiger partial charge >= 0.3 is 12.1 Å². The number of nitrogens with one attached hydrogen (secondary N) is 1. The maximum Gasteiger partial charge on any atom is 0.416 e. The molecule has 5 N–H and O–H groups in total. The normalized spacial score (nSPS) is 10.9. The van der Waals surface area contributed by atoms with Crippen molar-refractivity contribution < 1.29 is 33.0 Å². The van der Waals surface area contributed by atoms with Gasteiger partial charge in [0.15, 0.2) is 5.13 Å². The van der Waals surface area contributed by atoms with Crippen LogP contribution in [0.5, 0.6) is 0 Å². The van der Waals surface area contributed by atoms with E-state index in [1.54, 1.807) is 41.3 Å². The average Bonchev–Trinajstić information content (AvgIpc) is 3.46. The highest BCUT2D eigenvalue weighted by Gasteiger charge is 2.30. The van der Waals surface area contributed by atoms with Crippen LogP contribution in [0.4, 0.5) is 24.0 Å². The van der Waals surface area contributed by atoms with Crippen molar-refractivity contribution in [2.24, 2.45) is 5.73 Å². The zero-order valence-electron chi connectivity index (χ0n) is 22.1. The molecular formula is C29H28ClF3N4O4S. The van der Waals surface area contributed by atoms with Crippen LogP contribution in [0.2, 0.25) is 5.02 Å². The highest BCUT2D eigenvalue weighted by molar-refractivity contribution is 7.14. The van der Waals surface area contributed by atoms with E-state index < -0.39 is 23.6 Å². The maximum absolute atomic E-state index is 13.1. The lowest BCUT2D eigenvalue weighted by atomic mass is 10.1. The standard InChI is InChI=1S/C27H21ClF3N3O3S.C2H7NO/c28-21-9-5-18(6-10-21)23-16-38-26(33-23)34(22-11-7-20(8-12-22)27(29,30)31)15-17-1-3-19(4-2-17)25(37)32-14-13-24(35)36;3-1-2-4/h1-12,16H,13-15H2,(H,32,37)(H,35,36);4H,1-3H2. The van der Waals surface area contributed by atoms with Crippen LogP contribution in [0.25, 0.3) is 11.3 Å². The van der Waals surface area contributed by atoms with E-state index in [0.717, 1.165) is 23.3 Å². The number of benzene rings is 3. The number of halogens is 4. The van der Waals surface area contributed by atoms with Gasteiger partial charge in [-0.05, 0) is 54.1 Å². The van der Waals surface area contributed by atoms with Gasteiger partial charge in [0.2, 0.25) is 0 Å². The van der Waals surface area contributed by atoms with Gasteiger partial charge in [-0.1, -0.05) is 35.9 Å². The Morgan fingerprint density at radius 1 is 1.00 bits per heavy atom. The lowest BCUT2D eigenvalue weighted by Crippen LogP contribution is -2.26. The van der Waals surface area contributed by atoms with Crippen molar-refractivity contribution >= 4 is 45.6 Å². The molecule has 0 saturated heterocycles. The quantitative estimate of drug-likeness (QED) is 0.172. The third-order valence-electron chi connectivity index (χ3n) is 5.68. The minimum atomic E-state index is -4.45. The molecule has 222 valence electrons. The van der Waals surface area contributed by atoms with E-state index in [1.807, 2.05) is 17.5 Å². The Labute approximate surface area is 249 Å². The van der Waals surface area contributed by atoms with Crippen LogP contribution in [0.15, 0.2) is 78.2 Å². The van der Waals surface area contributed by atoms with E-state index in [0.29, 0.717) is 33.6 Å². The first-order chi connectivity index (χ1) is 20.0. The fourth-order valence-corrected chi connectivity index (χ4v) is 4.55. The number of aromatic nitrogens is 1. The molecule has 0 aliphatic carbocycles. The summed E-state index contributed by atoms with van der Waals surface area (Å²) in [6.45, 7) is 0.761. The number of nitrogens with zero attached hydrogens (tertiary/aromatic N) is 2. The van der Waals surface area contributed by atoms with Gasteiger partial charge in [-0.25, -0.2) is 4.98 Å². The molecule has 0 spiro atoms. The molecule has 0 aliphatic rings. The Kier molecular flexibility index (Phi) is 11.9. The summed E-state index contributed by atoms with van der Waals surface area (Å²) in [7, 11) is 0. The molecule has 0 atom stereocenters. The number of hydrogen-bond acceptors (Lipinski definition) is 7. The van der Waals surface area contributed by atoms with Crippen LogP contribution in [-0.4, -0.2) is 46.8 Å². The molecule has 4 aromatic rings. The van der Waals surface area contributed by atoms with Crippen molar-refractivity contribution in [3.05, 3.63) is 99.9 Å². The molecule has 8 nitrogen and oxygen atoms in total. The summed E-state index contributed by atoms with van der Waals surface area (Å²) in [5.74, 6) is -1.41. The third kappa shape index (κ3) is 9.55. The van der Waals surface area contributed by atoms with Gasteiger partial charge in [-0.15, -0.1) is 11.3 Å². The number of thiazole rings is 1. The highest BCUT2D eigenvalue weighted by Crippen LogP contribution is 2.36. The second kappa shape index (κ2) is 15.3. The number of amides is 1. The molecule has 0 aliphatic heterocycles. The van der Waals surface area contributed by atoms with E-state index >= 15 is 0 Å². The number of aliphatic carboxylic acids is 1. The Morgan fingerprint density at radius 2 is 1.62 bits per heavy atom. The van der Waals surface area contributed by atoms with Gasteiger partial charge in [0.1, 0.15) is 0 Å². The largest absolute Gasteiger partial charge is 0.481 e. The molecule has 0 saturated carbocycles. The molecular weight excluding hydrogens is 593 g/mol. The number of aliphatic hydroxyl groups is 1. The summed E-state index contributed by atoms with van der Waals surface area (Å²) >= 11 is 7.33. The van der Waals surface area contributed by atoms with Crippen molar-refractivity contribution in [1.82, 2.24) is 10.3 Å². The molecule has 42 heavy (non-hydrogen) atoms. The minimum Gasteiger partial charge on any atom is -0.481 e. The monoisotopic (exact) mass is 620 g/mol. The molecule has 0 bridgehead atoms. The van der Waals surface area contributed by atoms with Gasteiger partial charge in [0, 0.05) is 40.3 Å². The summed E-state index contributed by atoms with van der Waals surface area (Å²) in [6.07, 6.45) is -4.63. The van der Waals surface area contributed by atoms with E-state index in [4.69, 9.17) is 32.5 Å². The predicted molar refractivity (Wildman–Crippen MR) is 157 cm³/mol. The average molecular weight is 621 g/mol. The van der Waals surface area contributed by atoms with Crippen LogP contribution < -0.4 is 16.0 Å². The molecule has 1 amide bonds. The Morgan fingerprint density at radius 3 is 2.17 bits per heavy atom. The number of carboxylic acids is 1. The van der Waals surface area contributed by atoms with Gasteiger partial charge in [-0.2, -0.15) is 13.2 Å². The molecule has 13 heteroatoms.